The van der Waals surface area contributed by atoms with Crippen molar-refractivity contribution >= 4 is 28.4 Å². The topological polar surface area (TPSA) is 0 Å². The van der Waals surface area contributed by atoms with E-state index < -0.39 is 34.5 Å². The van der Waals surface area contributed by atoms with Crippen LogP contribution in [0, 0.1) is 5.82 Å². The summed E-state index contributed by atoms with van der Waals surface area (Å²) in [6.45, 7) is -5.85. The van der Waals surface area contributed by atoms with Crippen LogP contribution in [-0.4, -0.2) is 6.98 Å². The number of halogens is 8. The first kappa shape index (κ1) is 17.9. The van der Waals surface area contributed by atoms with Gasteiger partial charge in [-0.3, -0.25) is 0 Å². The van der Waals surface area contributed by atoms with E-state index in [4.69, 9.17) is 0 Å². The second kappa shape index (κ2) is 5.91. The number of rotatable bonds is 1. The van der Waals surface area contributed by atoms with Crippen LogP contribution in [0.4, 0.5) is 30.5 Å². The molecular weight excluding hydrogens is 347 g/mol. The Bertz CT molecular complexity index is 414. The van der Waals surface area contributed by atoms with Crippen molar-refractivity contribution in [2.45, 2.75) is 6.18 Å². The Balaban J connectivity index is 0.00000256. The van der Waals surface area contributed by atoms with Gasteiger partial charge < -0.3 is 12.9 Å². The number of hydrogen-bond acceptors (Lipinski definition) is 0. The Morgan fingerprint density at radius 3 is 1.88 bits per heavy atom. The van der Waals surface area contributed by atoms with Gasteiger partial charge in [0, 0.05) is 4.47 Å². The van der Waals surface area contributed by atoms with E-state index in [0.29, 0.717) is 0 Å². The van der Waals surface area contributed by atoms with E-state index in [1.165, 1.54) is 0 Å². The molecule has 0 nitrogen and oxygen atoms in total. The maximum atomic E-state index is 12.8. The summed E-state index contributed by atoms with van der Waals surface area (Å²) in [5, 5.41) is 0. The van der Waals surface area contributed by atoms with E-state index in [1.54, 1.807) is 0 Å². The fraction of sp³-hybridized carbons (Fsp3) is 0.143. The van der Waals surface area contributed by atoms with Gasteiger partial charge in [0.05, 0.1) is 11.4 Å². The zero-order valence-electron chi connectivity index (χ0n) is 8.26. The van der Waals surface area contributed by atoms with Gasteiger partial charge in [0.25, 0.3) is 0 Å². The molecule has 0 unspecified atom stereocenters. The molecule has 0 aliphatic carbocycles. The van der Waals surface area contributed by atoms with Crippen molar-refractivity contribution in [1.82, 2.24) is 0 Å². The van der Waals surface area contributed by atoms with E-state index in [2.05, 4.69) is 15.9 Å². The van der Waals surface area contributed by atoms with Crippen LogP contribution in [0.25, 0.3) is 0 Å². The predicted molar refractivity (Wildman–Crippen MR) is 47.8 cm³/mol. The Hall–Kier alpha value is 0.911. The average Bonchev–Trinajstić information content (AvgIpc) is 1.97. The van der Waals surface area contributed by atoms with Crippen LogP contribution in [0.2, 0.25) is 0 Å². The SMILES string of the molecule is Fc1ccc(C(F)(F)F)c(Br)c1[B-](F)(F)F.[K+]. The quantitative estimate of drug-likeness (QED) is 0.517. The summed E-state index contributed by atoms with van der Waals surface area (Å²) in [5.41, 5.74) is -3.45. The first-order valence-electron chi connectivity index (χ1n) is 3.80. The standard InChI is InChI=1S/C7H2BBrF7.K/c9-6-3(7(11,12)13)1-2-4(10)5(6)8(14,15)16;/h1-2H;/q-1;+1. The Morgan fingerprint density at radius 2 is 1.53 bits per heavy atom. The average molecular weight is 349 g/mol. The van der Waals surface area contributed by atoms with Gasteiger partial charge in [0.15, 0.2) is 0 Å². The maximum Gasteiger partial charge on any atom is 1.00 e. The van der Waals surface area contributed by atoms with Gasteiger partial charge in [0.1, 0.15) is 0 Å². The van der Waals surface area contributed by atoms with E-state index in [-0.39, 0.29) is 63.5 Å². The molecule has 0 amide bonds. The molecule has 0 N–H and O–H groups in total. The smallest absolute Gasteiger partial charge is 0.445 e. The van der Waals surface area contributed by atoms with Gasteiger partial charge in [-0.2, -0.15) is 13.2 Å². The number of hydrogen-bond donors (Lipinski definition) is 0. The minimum Gasteiger partial charge on any atom is -0.445 e. The predicted octanol–water partition coefficient (Wildman–Crippen LogP) is 0.665. The van der Waals surface area contributed by atoms with Gasteiger partial charge >= 0.3 is 64.5 Å². The van der Waals surface area contributed by atoms with E-state index in [0.717, 1.165) is 0 Å². The van der Waals surface area contributed by atoms with Crippen molar-refractivity contribution in [3.63, 3.8) is 0 Å². The molecule has 0 aromatic heterocycles. The second-order valence-corrected chi connectivity index (χ2v) is 3.69. The molecule has 0 heterocycles. The van der Waals surface area contributed by atoms with Crippen LogP contribution in [0.5, 0.6) is 0 Å². The van der Waals surface area contributed by atoms with E-state index in [1.807, 2.05) is 0 Å². The van der Waals surface area contributed by atoms with E-state index >= 15 is 0 Å². The van der Waals surface area contributed by atoms with Crippen LogP contribution in [0.3, 0.4) is 0 Å². The molecule has 0 saturated heterocycles. The van der Waals surface area contributed by atoms with Gasteiger partial charge in [-0.05, 0) is 12.1 Å². The zero-order chi connectivity index (χ0) is 12.7. The van der Waals surface area contributed by atoms with Crippen LogP contribution < -0.4 is 56.8 Å². The van der Waals surface area contributed by atoms with Crippen molar-refractivity contribution in [2.75, 3.05) is 0 Å². The van der Waals surface area contributed by atoms with Crippen LogP contribution >= 0.6 is 15.9 Å². The van der Waals surface area contributed by atoms with Crippen LogP contribution in [0.1, 0.15) is 5.56 Å². The molecular formula is C7H2BBrF7K. The Kier molecular flexibility index (Phi) is 6.23. The molecule has 0 atom stereocenters. The fourth-order valence-electron chi connectivity index (χ4n) is 1.09. The Labute approximate surface area is 143 Å². The summed E-state index contributed by atoms with van der Waals surface area (Å²) < 4.78 is 85.1. The maximum absolute atomic E-state index is 12.8. The molecule has 0 aliphatic heterocycles. The van der Waals surface area contributed by atoms with Crippen molar-refractivity contribution in [3.8, 4) is 0 Å². The van der Waals surface area contributed by atoms with Gasteiger partial charge in [-0.1, -0.05) is 21.4 Å². The van der Waals surface area contributed by atoms with Crippen molar-refractivity contribution in [2.24, 2.45) is 0 Å². The minimum absolute atomic E-state index is 0. The number of benzene rings is 1. The summed E-state index contributed by atoms with van der Waals surface area (Å²) in [5.74, 6) is -1.73. The van der Waals surface area contributed by atoms with Crippen molar-refractivity contribution in [3.05, 3.63) is 28.0 Å². The third kappa shape index (κ3) is 4.20. The van der Waals surface area contributed by atoms with Gasteiger partial charge in [0.2, 0.25) is 0 Å². The largest absolute Gasteiger partial charge is 1.00 e. The monoisotopic (exact) mass is 348 g/mol. The molecule has 0 radical (unpaired) electrons. The molecule has 10 heteroatoms. The Morgan fingerprint density at radius 1 is 1.06 bits per heavy atom. The molecule has 0 aliphatic rings. The van der Waals surface area contributed by atoms with Crippen molar-refractivity contribution in [1.29, 1.82) is 0 Å². The van der Waals surface area contributed by atoms with Crippen LogP contribution in [0.15, 0.2) is 16.6 Å². The third-order valence-electron chi connectivity index (χ3n) is 1.76. The molecule has 1 aromatic carbocycles. The van der Waals surface area contributed by atoms with Gasteiger partial charge in [-0.15, -0.1) is 0 Å². The summed E-state index contributed by atoms with van der Waals surface area (Å²) >= 11 is 2.14. The fourth-order valence-corrected chi connectivity index (χ4v) is 1.89. The summed E-state index contributed by atoms with van der Waals surface area (Å²) in [6, 6.07) is 0.406. The summed E-state index contributed by atoms with van der Waals surface area (Å²) in [4.78, 5) is 0. The third-order valence-corrected chi connectivity index (χ3v) is 2.61. The first-order chi connectivity index (χ1) is 7.05. The first-order valence-corrected chi connectivity index (χ1v) is 4.59. The van der Waals surface area contributed by atoms with Crippen molar-refractivity contribution < 1.29 is 81.9 Å². The molecule has 0 saturated carbocycles. The molecule has 90 valence electrons. The van der Waals surface area contributed by atoms with Crippen LogP contribution in [-0.2, 0) is 6.18 Å². The molecule has 0 bridgehead atoms. The molecule has 17 heavy (non-hydrogen) atoms. The van der Waals surface area contributed by atoms with E-state index in [9.17, 15) is 30.5 Å². The second-order valence-electron chi connectivity index (χ2n) is 2.90. The molecule has 1 aromatic rings. The molecule has 0 spiro atoms. The number of alkyl halides is 3. The summed E-state index contributed by atoms with van der Waals surface area (Å²) in [6.07, 6.45) is -4.97. The zero-order valence-corrected chi connectivity index (χ0v) is 13.0. The normalized spacial score (nSPS) is 12.2. The molecule has 0 fully saturated rings. The minimum atomic E-state index is -5.85. The van der Waals surface area contributed by atoms with Gasteiger partial charge in [-0.25, -0.2) is 4.39 Å². The molecule has 1 rings (SSSR count). The summed E-state index contributed by atoms with van der Waals surface area (Å²) in [7, 11) is 0.